The van der Waals surface area contributed by atoms with E-state index in [0.29, 0.717) is 33.2 Å². The van der Waals surface area contributed by atoms with E-state index >= 15 is 0 Å². The van der Waals surface area contributed by atoms with Gasteiger partial charge in [-0.2, -0.15) is 5.26 Å². The van der Waals surface area contributed by atoms with Crippen LogP contribution in [0.2, 0.25) is 0 Å². The number of aromatic nitrogens is 2. The number of carbonyl (C=O) groups is 3. The topological polar surface area (TPSA) is 113 Å². The molecule has 0 bridgehead atoms. The van der Waals surface area contributed by atoms with Gasteiger partial charge in [-0.15, -0.1) is 0 Å². The van der Waals surface area contributed by atoms with Crippen molar-refractivity contribution in [2.45, 2.75) is 39.6 Å². The summed E-state index contributed by atoms with van der Waals surface area (Å²) in [6.45, 7) is 8.44. The molecule has 0 radical (unpaired) electrons. The van der Waals surface area contributed by atoms with Crippen LogP contribution in [0.25, 0.3) is 0 Å². The number of rotatable bonds is 7. The van der Waals surface area contributed by atoms with Crippen molar-refractivity contribution >= 4 is 29.3 Å². The Kier molecular flexibility index (Phi) is 6.75. The first-order valence-corrected chi connectivity index (χ1v) is 9.64. The minimum absolute atomic E-state index is 0.00885. The highest BCUT2D eigenvalue weighted by atomic mass is 32.2. The van der Waals surface area contributed by atoms with Gasteiger partial charge < -0.3 is 9.72 Å². The van der Waals surface area contributed by atoms with E-state index in [9.17, 15) is 19.6 Å². The third-order valence-electron chi connectivity index (χ3n) is 4.15. The summed E-state index contributed by atoms with van der Waals surface area (Å²) in [7, 11) is 0. The molecule has 8 heteroatoms. The molecule has 146 valence electrons. The normalized spacial score (nSPS) is 10.4. The predicted molar refractivity (Wildman–Crippen MR) is 105 cm³/mol. The number of nitrogens with one attached hydrogen (secondary N) is 1. The van der Waals surface area contributed by atoms with Crippen LogP contribution < -0.4 is 0 Å². The smallest absolute Gasteiger partial charge is 0.340 e. The second-order valence-corrected chi connectivity index (χ2v) is 7.16. The number of H-pyrrole nitrogens is 1. The third-order valence-corrected chi connectivity index (χ3v) is 5.14. The number of carbonyl (C=O) groups excluding carboxylic acids is 3. The Bertz CT molecular complexity index is 1000. The summed E-state index contributed by atoms with van der Waals surface area (Å²) < 4.78 is 5.06. The molecule has 7 nitrogen and oxygen atoms in total. The quantitative estimate of drug-likeness (QED) is 0.430. The number of nitriles is 1. The fourth-order valence-corrected chi connectivity index (χ4v) is 3.80. The molecule has 0 spiro atoms. The number of hydrogen-bond donors (Lipinski definition) is 1. The molecule has 28 heavy (non-hydrogen) atoms. The number of ketones is 2. The summed E-state index contributed by atoms with van der Waals surface area (Å²) in [5.41, 5.74) is 2.81. The van der Waals surface area contributed by atoms with E-state index in [-0.39, 0.29) is 35.1 Å². The lowest BCUT2D eigenvalue weighted by atomic mass is 10.1. The van der Waals surface area contributed by atoms with E-state index in [1.807, 2.05) is 6.07 Å². The number of aryl methyl sites for hydroxylation is 3. The van der Waals surface area contributed by atoms with E-state index in [0.717, 1.165) is 11.8 Å². The zero-order valence-corrected chi connectivity index (χ0v) is 17.2. The lowest BCUT2D eigenvalue weighted by Gasteiger charge is -2.08. The summed E-state index contributed by atoms with van der Waals surface area (Å²) in [5, 5.41) is 9.73. The predicted octanol–water partition coefficient (Wildman–Crippen LogP) is 3.56. The Labute approximate surface area is 167 Å². The number of ether oxygens (including phenoxy) is 1. The maximum absolute atomic E-state index is 12.8. The van der Waals surface area contributed by atoms with E-state index < -0.39 is 5.97 Å². The first-order chi connectivity index (χ1) is 13.2. The van der Waals surface area contributed by atoms with Gasteiger partial charge in [0.1, 0.15) is 11.1 Å². The second kappa shape index (κ2) is 8.85. The summed E-state index contributed by atoms with van der Waals surface area (Å²) in [5.74, 6) is -0.999. The summed E-state index contributed by atoms with van der Waals surface area (Å²) in [4.78, 5) is 44.0. The standard InChI is InChI=1S/C20H21N3O4S/c1-6-27-20(26)18-12(4)22-11(3)17(18)16(25)9-28-19-14(8-21)7-15(13(5)24)10(2)23-19/h7,22H,6,9H2,1-5H3. The lowest BCUT2D eigenvalue weighted by molar-refractivity contribution is 0.0522. The van der Waals surface area contributed by atoms with Gasteiger partial charge >= 0.3 is 5.97 Å². The maximum atomic E-state index is 12.8. The molecule has 2 rings (SSSR count). The van der Waals surface area contributed by atoms with Crippen molar-refractivity contribution in [1.29, 1.82) is 5.26 Å². The van der Waals surface area contributed by atoms with E-state index in [1.54, 1.807) is 27.7 Å². The second-order valence-electron chi connectivity index (χ2n) is 6.20. The van der Waals surface area contributed by atoms with Gasteiger partial charge in [0.2, 0.25) is 0 Å². The van der Waals surface area contributed by atoms with Crippen LogP contribution in [0.4, 0.5) is 0 Å². The molecule has 0 atom stereocenters. The number of thioether (sulfide) groups is 1. The number of Topliss-reactive ketones (excluding diaryl/α,β-unsaturated/α-hetero) is 2. The number of aromatic amines is 1. The number of nitrogens with zero attached hydrogens (tertiary/aromatic N) is 2. The van der Waals surface area contributed by atoms with Crippen LogP contribution in [0.1, 0.15) is 67.6 Å². The third kappa shape index (κ3) is 4.31. The lowest BCUT2D eigenvalue weighted by Crippen LogP contribution is -2.13. The minimum Gasteiger partial charge on any atom is -0.462 e. The molecule has 0 saturated heterocycles. The van der Waals surface area contributed by atoms with Crippen LogP contribution in [-0.2, 0) is 4.74 Å². The average Bonchev–Trinajstić information content (AvgIpc) is 2.93. The van der Waals surface area contributed by atoms with Gasteiger partial charge in [0, 0.05) is 22.6 Å². The zero-order chi connectivity index (χ0) is 21.0. The summed E-state index contributed by atoms with van der Waals surface area (Å²) >= 11 is 1.10. The first kappa shape index (κ1) is 21.4. The van der Waals surface area contributed by atoms with Crippen LogP contribution in [0.5, 0.6) is 0 Å². The van der Waals surface area contributed by atoms with Gasteiger partial charge in [0.05, 0.1) is 29.1 Å². The Morgan fingerprint density at radius 2 is 1.86 bits per heavy atom. The van der Waals surface area contributed by atoms with Gasteiger partial charge in [-0.05, 0) is 40.7 Å². The molecule has 2 aromatic rings. The monoisotopic (exact) mass is 399 g/mol. The van der Waals surface area contributed by atoms with E-state index in [4.69, 9.17) is 4.74 Å². The Morgan fingerprint density at radius 1 is 1.21 bits per heavy atom. The molecule has 0 fully saturated rings. The van der Waals surface area contributed by atoms with Crippen molar-refractivity contribution in [3.8, 4) is 6.07 Å². The Balaban J connectivity index is 2.31. The molecule has 0 aliphatic heterocycles. The van der Waals surface area contributed by atoms with Gasteiger partial charge in [0.15, 0.2) is 11.6 Å². The van der Waals surface area contributed by atoms with Gasteiger partial charge in [-0.25, -0.2) is 9.78 Å². The van der Waals surface area contributed by atoms with Crippen molar-refractivity contribution < 1.29 is 19.1 Å². The molecule has 0 aromatic carbocycles. The molecule has 0 aliphatic carbocycles. The van der Waals surface area contributed by atoms with Crippen LogP contribution in [0.15, 0.2) is 11.1 Å². The number of pyridine rings is 1. The van der Waals surface area contributed by atoms with E-state index in [1.165, 1.54) is 13.0 Å². The number of hydrogen-bond acceptors (Lipinski definition) is 7. The van der Waals surface area contributed by atoms with Gasteiger partial charge in [-0.3, -0.25) is 9.59 Å². The first-order valence-electron chi connectivity index (χ1n) is 8.66. The van der Waals surface area contributed by atoms with Crippen LogP contribution in [0.3, 0.4) is 0 Å². The van der Waals surface area contributed by atoms with Crippen molar-refractivity contribution in [3.05, 3.63) is 45.4 Å². The van der Waals surface area contributed by atoms with Gasteiger partial charge in [-0.1, -0.05) is 11.8 Å². The summed E-state index contributed by atoms with van der Waals surface area (Å²) in [6, 6.07) is 3.51. The van der Waals surface area contributed by atoms with Crippen LogP contribution >= 0.6 is 11.8 Å². The molecule has 0 saturated carbocycles. The van der Waals surface area contributed by atoms with Crippen molar-refractivity contribution in [2.75, 3.05) is 12.4 Å². The largest absolute Gasteiger partial charge is 0.462 e. The molecule has 0 unspecified atom stereocenters. The van der Waals surface area contributed by atoms with Crippen LogP contribution in [-0.4, -0.2) is 39.9 Å². The molecule has 1 N–H and O–H groups in total. The highest BCUT2D eigenvalue weighted by Gasteiger charge is 2.25. The average molecular weight is 399 g/mol. The Morgan fingerprint density at radius 3 is 2.43 bits per heavy atom. The van der Waals surface area contributed by atoms with Crippen molar-refractivity contribution in [2.24, 2.45) is 0 Å². The minimum atomic E-state index is -0.546. The molecule has 0 aliphatic rings. The number of esters is 1. The fourth-order valence-electron chi connectivity index (χ4n) is 2.92. The SMILES string of the molecule is CCOC(=O)c1c(C)[nH]c(C)c1C(=O)CSc1nc(C)c(C(C)=O)cc1C#N. The fraction of sp³-hybridized carbons (Fsp3) is 0.350. The molecule has 0 amide bonds. The van der Waals surface area contributed by atoms with Gasteiger partial charge in [0.25, 0.3) is 0 Å². The van der Waals surface area contributed by atoms with Crippen molar-refractivity contribution in [1.82, 2.24) is 9.97 Å². The summed E-state index contributed by atoms with van der Waals surface area (Å²) in [6.07, 6.45) is 0. The highest BCUT2D eigenvalue weighted by molar-refractivity contribution is 8.00. The van der Waals surface area contributed by atoms with Crippen molar-refractivity contribution in [3.63, 3.8) is 0 Å². The maximum Gasteiger partial charge on any atom is 0.340 e. The molecular formula is C20H21N3O4S. The highest BCUT2D eigenvalue weighted by Crippen LogP contribution is 2.26. The molecule has 2 aromatic heterocycles. The van der Waals surface area contributed by atoms with Crippen LogP contribution in [0, 0.1) is 32.1 Å². The Hall–Kier alpha value is -2.92. The molecular weight excluding hydrogens is 378 g/mol. The van der Waals surface area contributed by atoms with E-state index in [2.05, 4.69) is 9.97 Å². The zero-order valence-electron chi connectivity index (χ0n) is 16.4. The molecule has 2 heterocycles.